The lowest BCUT2D eigenvalue weighted by Gasteiger charge is -2.14. The molecular weight excluding hydrogens is 198 g/mol. The van der Waals surface area contributed by atoms with Crippen molar-refractivity contribution in [1.82, 2.24) is 0 Å². The molecule has 1 aromatic carbocycles. The third-order valence-electron chi connectivity index (χ3n) is 2.28. The Labute approximate surface area is 98.2 Å². The van der Waals surface area contributed by atoms with Gasteiger partial charge in [-0.1, -0.05) is 13.8 Å². The van der Waals surface area contributed by atoms with E-state index in [1.165, 1.54) is 0 Å². The van der Waals surface area contributed by atoms with E-state index in [9.17, 15) is 4.79 Å². The number of Topliss-reactive ketones (excluding diaryl/α,β-unsaturated/α-hetero) is 1. The Morgan fingerprint density at radius 1 is 1.19 bits per heavy atom. The summed E-state index contributed by atoms with van der Waals surface area (Å²) in [5.41, 5.74) is 8.36. The van der Waals surface area contributed by atoms with Crippen molar-refractivity contribution in [3.8, 4) is 0 Å². The van der Waals surface area contributed by atoms with Gasteiger partial charge in [0.25, 0.3) is 0 Å². The monoisotopic (exact) mass is 219 g/mol. The van der Waals surface area contributed by atoms with Gasteiger partial charge in [-0.15, -0.1) is 13.2 Å². The molecule has 0 amide bonds. The fraction of sp³-hybridized carbons (Fsp3) is 0.357. The summed E-state index contributed by atoms with van der Waals surface area (Å²) in [6.45, 7) is 10.0. The molecule has 1 aliphatic rings. The van der Waals surface area contributed by atoms with Gasteiger partial charge in [0.15, 0.2) is 5.78 Å². The molecule has 2 nitrogen and oxygen atoms in total. The van der Waals surface area contributed by atoms with Crippen LogP contribution in [0.5, 0.6) is 0 Å². The summed E-state index contributed by atoms with van der Waals surface area (Å²) >= 11 is 0. The molecule has 0 saturated carbocycles. The van der Waals surface area contributed by atoms with Crippen LogP contribution in [0.3, 0.4) is 0 Å². The van der Waals surface area contributed by atoms with E-state index in [1.54, 1.807) is 6.07 Å². The highest BCUT2D eigenvalue weighted by atomic mass is 16.1. The van der Waals surface area contributed by atoms with Crippen LogP contribution in [0.25, 0.3) is 0 Å². The topological polar surface area (TPSA) is 43.1 Å². The van der Waals surface area contributed by atoms with Crippen LogP contribution < -0.4 is 5.73 Å². The van der Waals surface area contributed by atoms with Crippen LogP contribution in [0.4, 0.5) is 5.69 Å². The van der Waals surface area contributed by atoms with E-state index < -0.39 is 0 Å². The third kappa shape index (κ3) is 3.54. The predicted octanol–water partition coefficient (Wildman–Crippen LogP) is 3.62. The number of hydrogen-bond donors (Lipinski definition) is 1. The molecule has 1 aromatic rings. The zero-order valence-electron chi connectivity index (χ0n) is 10.3. The number of nitrogens with two attached hydrogens (primary N) is 1. The average Bonchev–Trinajstić information content (AvgIpc) is 2.34. The number of rotatable bonds is 0. The number of carbonyl (C=O) groups excluding carboxylic acids is 1. The van der Waals surface area contributed by atoms with E-state index in [0.29, 0.717) is 6.42 Å². The van der Waals surface area contributed by atoms with Gasteiger partial charge in [-0.05, 0) is 36.6 Å². The van der Waals surface area contributed by atoms with Crippen molar-refractivity contribution < 1.29 is 4.79 Å². The largest absolute Gasteiger partial charge is 0.399 e. The zero-order valence-corrected chi connectivity index (χ0v) is 10.3. The van der Waals surface area contributed by atoms with Crippen LogP contribution in [-0.4, -0.2) is 5.78 Å². The van der Waals surface area contributed by atoms with Crippen molar-refractivity contribution in [3.63, 3.8) is 0 Å². The van der Waals surface area contributed by atoms with Crippen LogP contribution in [-0.2, 0) is 6.42 Å². The number of aryl methyl sites for hydroxylation is 1. The lowest BCUT2D eigenvalue weighted by Crippen LogP contribution is -2.10. The highest BCUT2D eigenvalue weighted by Crippen LogP contribution is 2.22. The molecular formula is C14H21NO. The lowest BCUT2D eigenvalue weighted by molar-refractivity contribution is 0.0972. The Kier molecular flexibility index (Phi) is 6.93. The van der Waals surface area contributed by atoms with Gasteiger partial charge in [0, 0.05) is 17.7 Å². The third-order valence-corrected chi connectivity index (χ3v) is 2.28. The number of ketones is 1. The average molecular weight is 219 g/mol. The second-order valence-corrected chi connectivity index (χ2v) is 3.19. The van der Waals surface area contributed by atoms with Crippen LogP contribution in [0.1, 0.15) is 42.6 Å². The maximum atomic E-state index is 11.4. The minimum absolute atomic E-state index is 0.260. The van der Waals surface area contributed by atoms with Gasteiger partial charge in [0.05, 0.1) is 0 Å². The van der Waals surface area contributed by atoms with Crippen molar-refractivity contribution >= 4 is 11.5 Å². The molecule has 2 N–H and O–H groups in total. The highest BCUT2D eigenvalue weighted by molar-refractivity contribution is 5.98. The van der Waals surface area contributed by atoms with Gasteiger partial charge in [-0.3, -0.25) is 4.79 Å². The number of carbonyl (C=O) groups is 1. The number of nitrogen functional groups attached to an aromatic ring is 1. The zero-order chi connectivity index (χ0) is 12.6. The molecule has 2 heteroatoms. The van der Waals surface area contributed by atoms with Crippen LogP contribution in [0.15, 0.2) is 31.4 Å². The van der Waals surface area contributed by atoms with E-state index in [4.69, 9.17) is 5.73 Å². The van der Waals surface area contributed by atoms with Crippen molar-refractivity contribution in [3.05, 3.63) is 42.5 Å². The smallest absolute Gasteiger partial charge is 0.163 e. The van der Waals surface area contributed by atoms with Crippen LogP contribution in [0, 0.1) is 0 Å². The summed E-state index contributed by atoms with van der Waals surface area (Å²) in [5.74, 6) is 0.260. The second kappa shape index (κ2) is 7.69. The summed E-state index contributed by atoms with van der Waals surface area (Å²) in [6, 6.07) is 5.54. The van der Waals surface area contributed by atoms with Gasteiger partial charge in [-0.25, -0.2) is 0 Å². The molecule has 0 aromatic heterocycles. The van der Waals surface area contributed by atoms with Crippen molar-refractivity contribution in [2.24, 2.45) is 0 Å². The van der Waals surface area contributed by atoms with E-state index >= 15 is 0 Å². The minimum Gasteiger partial charge on any atom is -0.399 e. The van der Waals surface area contributed by atoms with Crippen molar-refractivity contribution in [2.75, 3.05) is 5.73 Å². The molecule has 0 unspecified atom stereocenters. The summed E-state index contributed by atoms with van der Waals surface area (Å²) < 4.78 is 0. The molecule has 0 saturated heterocycles. The lowest BCUT2D eigenvalue weighted by atomic mass is 9.90. The summed E-state index contributed by atoms with van der Waals surface area (Å²) in [4.78, 5) is 11.4. The minimum atomic E-state index is 0.260. The van der Waals surface area contributed by atoms with E-state index in [-0.39, 0.29) is 5.78 Å². The fourth-order valence-corrected chi connectivity index (χ4v) is 1.67. The Morgan fingerprint density at radius 2 is 1.81 bits per heavy atom. The molecule has 88 valence electrons. The Bertz CT molecular complexity index is 345. The van der Waals surface area contributed by atoms with Crippen LogP contribution in [0.2, 0.25) is 0 Å². The Balaban J connectivity index is 0.000000509. The van der Waals surface area contributed by atoms with E-state index in [0.717, 1.165) is 29.7 Å². The predicted molar refractivity (Wildman–Crippen MR) is 70.7 cm³/mol. The van der Waals surface area contributed by atoms with Gasteiger partial charge in [0.1, 0.15) is 0 Å². The molecule has 0 aliphatic heterocycles. The first-order chi connectivity index (χ1) is 7.77. The van der Waals surface area contributed by atoms with Gasteiger partial charge < -0.3 is 5.73 Å². The fourth-order valence-electron chi connectivity index (χ4n) is 1.67. The number of hydrogen-bond acceptors (Lipinski definition) is 2. The number of fused-ring (bicyclic) bond motifs is 1. The Morgan fingerprint density at radius 3 is 2.44 bits per heavy atom. The maximum Gasteiger partial charge on any atom is 0.163 e. The van der Waals surface area contributed by atoms with Crippen LogP contribution >= 0.6 is 0 Å². The number of benzene rings is 1. The molecule has 0 bridgehead atoms. The molecule has 0 spiro atoms. The normalized spacial score (nSPS) is 12.5. The Hall–Kier alpha value is -1.57. The molecule has 2 rings (SSSR count). The highest BCUT2D eigenvalue weighted by Gasteiger charge is 2.16. The first-order valence-corrected chi connectivity index (χ1v) is 5.69. The second-order valence-electron chi connectivity index (χ2n) is 3.19. The van der Waals surface area contributed by atoms with Gasteiger partial charge in [-0.2, -0.15) is 0 Å². The van der Waals surface area contributed by atoms with Crippen molar-refractivity contribution in [2.45, 2.75) is 33.1 Å². The van der Waals surface area contributed by atoms with E-state index in [1.807, 2.05) is 26.0 Å². The van der Waals surface area contributed by atoms with Crippen molar-refractivity contribution in [1.29, 1.82) is 0 Å². The summed E-state index contributed by atoms with van der Waals surface area (Å²) in [7, 11) is 0. The van der Waals surface area contributed by atoms with E-state index in [2.05, 4.69) is 13.2 Å². The molecule has 0 heterocycles. The first-order valence-electron chi connectivity index (χ1n) is 5.69. The molecule has 0 atom stereocenters. The first kappa shape index (κ1) is 14.4. The molecule has 0 radical (unpaired) electrons. The molecule has 0 fully saturated rings. The summed E-state index contributed by atoms with van der Waals surface area (Å²) in [6.07, 6.45) is 2.65. The SMILES string of the molecule is C=C.CC.Nc1ccc2c(c1)CCCC2=O. The quantitative estimate of drug-likeness (QED) is 0.535. The van der Waals surface area contributed by atoms with Gasteiger partial charge in [0.2, 0.25) is 0 Å². The standard InChI is InChI=1S/C10H11NO.C2H6.C2H4/c11-8-4-5-9-7(6-8)2-1-3-10(9)12;2*1-2/h4-6H,1-3,11H2;1-2H3;1-2H2. The molecule has 16 heavy (non-hydrogen) atoms. The molecule has 1 aliphatic carbocycles. The van der Waals surface area contributed by atoms with Gasteiger partial charge >= 0.3 is 0 Å². The maximum absolute atomic E-state index is 11.4. The number of anilines is 1. The summed E-state index contributed by atoms with van der Waals surface area (Å²) in [5, 5.41) is 0.